The number of rotatable bonds is 5. The second-order valence-electron chi connectivity index (χ2n) is 3.76. The molecule has 1 aromatic rings. The summed E-state index contributed by atoms with van der Waals surface area (Å²) in [5.74, 6) is -0.764. The maximum Gasteiger partial charge on any atom is 0.346 e. The van der Waals surface area contributed by atoms with E-state index in [9.17, 15) is 9.59 Å². The Kier molecular flexibility index (Phi) is 5.17. The van der Waals surface area contributed by atoms with Gasteiger partial charge >= 0.3 is 11.9 Å². The Morgan fingerprint density at radius 2 is 2.05 bits per heavy atom. The summed E-state index contributed by atoms with van der Waals surface area (Å²) < 4.78 is 14.7. The van der Waals surface area contributed by atoms with Crippen LogP contribution in [-0.2, 0) is 14.3 Å². The van der Waals surface area contributed by atoms with Crippen LogP contribution in [0, 0.1) is 0 Å². The van der Waals surface area contributed by atoms with Gasteiger partial charge in [-0.25, -0.2) is 9.59 Å². The fraction of sp³-hybridized carbons (Fsp3) is 0.385. The highest BCUT2D eigenvalue weighted by atomic mass is 16.6. The molecule has 104 valence electrons. The fourth-order valence-corrected chi connectivity index (χ4v) is 1.41. The Hall–Kier alpha value is -2.24. The van der Waals surface area contributed by atoms with Crippen molar-refractivity contribution < 1.29 is 23.8 Å². The molecule has 6 nitrogen and oxygen atoms in total. The van der Waals surface area contributed by atoms with Crippen molar-refractivity contribution in [1.29, 1.82) is 0 Å². The van der Waals surface area contributed by atoms with Crippen molar-refractivity contribution in [2.24, 2.45) is 0 Å². The molecule has 6 heteroatoms. The predicted molar refractivity (Wildman–Crippen MR) is 68.9 cm³/mol. The minimum absolute atomic E-state index is 0.247. The molecule has 2 N–H and O–H groups in total. The van der Waals surface area contributed by atoms with Gasteiger partial charge in [-0.3, -0.25) is 0 Å². The lowest BCUT2D eigenvalue weighted by Gasteiger charge is -2.12. The van der Waals surface area contributed by atoms with E-state index in [0.717, 1.165) is 0 Å². The Balaban J connectivity index is 2.78. The van der Waals surface area contributed by atoms with Gasteiger partial charge in [0.2, 0.25) is 0 Å². The third-order valence-corrected chi connectivity index (χ3v) is 2.36. The van der Waals surface area contributed by atoms with Crippen LogP contribution in [0.25, 0.3) is 0 Å². The van der Waals surface area contributed by atoms with Gasteiger partial charge in [0.05, 0.1) is 25.0 Å². The molecule has 0 aliphatic carbocycles. The largest absolute Gasteiger partial charge is 0.492 e. The van der Waals surface area contributed by atoms with Crippen molar-refractivity contribution in [2.75, 3.05) is 19.5 Å². The molecule has 0 fully saturated rings. The first kappa shape index (κ1) is 14.8. The first-order valence-electron chi connectivity index (χ1n) is 5.80. The van der Waals surface area contributed by atoms with Gasteiger partial charge in [0, 0.05) is 0 Å². The van der Waals surface area contributed by atoms with Crippen LogP contribution < -0.4 is 10.5 Å². The molecule has 0 aliphatic rings. The molecule has 0 bridgehead atoms. The van der Waals surface area contributed by atoms with E-state index in [4.69, 9.17) is 15.2 Å². The third kappa shape index (κ3) is 3.87. The van der Waals surface area contributed by atoms with Crippen LogP contribution in [0.1, 0.15) is 24.2 Å². The molecule has 0 spiro atoms. The molecule has 0 saturated carbocycles. The summed E-state index contributed by atoms with van der Waals surface area (Å²) in [7, 11) is 1.22. The number of anilines is 1. The van der Waals surface area contributed by atoms with Crippen molar-refractivity contribution >= 4 is 17.6 Å². The summed E-state index contributed by atoms with van der Waals surface area (Å²) in [4.78, 5) is 22.9. The number of nitrogens with two attached hydrogens (primary N) is 1. The van der Waals surface area contributed by atoms with Crippen molar-refractivity contribution in [2.45, 2.75) is 20.0 Å². The van der Waals surface area contributed by atoms with Crippen LogP contribution in [0.5, 0.6) is 5.75 Å². The lowest BCUT2D eigenvalue weighted by molar-refractivity contribution is -0.149. The molecular formula is C13H17NO5. The fourth-order valence-electron chi connectivity index (χ4n) is 1.41. The van der Waals surface area contributed by atoms with E-state index in [1.54, 1.807) is 6.07 Å². The summed E-state index contributed by atoms with van der Waals surface area (Å²) >= 11 is 0. The van der Waals surface area contributed by atoms with Gasteiger partial charge in [0.25, 0.3) is 0 Å². The highest BCUT2D eigenvalue weighted by Crippen LogP contribution is 2.23. The molecule has 0 aliphatic heterocycles. The van der Waals surface area contributed by atoms with Gasteiger partial charge in [0.15, 0.2) is 6.10 Å². The van der Waals surface area contributed by atoms with Gasteiger partial charge in [-0.05, 0) is 32.0 Å². The SMILES string of the molecule is CCOc1ccc(C(=O)OC(C)C(=O)OC)cc1N. The van der Waals surface area contributed by atoms with E-state index >= 15 is 0 Å². The van der Waals surface area contributed by atoms with Gasteiger partial charge < -0.3 is 19.9 Å². The highest BCUT2D eigenvalue weighted by Gasteiger charge is 2.19. The van der Waals surface area contributed by atoms with E-state index < -0.39 is 18.0 Å². The van der Waals surface area contributed by atoms with Crippen LogP contribution in [-0.4, -0.2) is 31.8 Å². The van der Waals surface area contributed by atoms with Crippen molar-refractivity contribution in [3.05, 3.63) is 23.8 Å². The number of hydrogen-bond donors (Lipinski definition) is 1. The van der Waals surface area contributed by atoms with Crippen LogP contribution >= 0.6 is 0 Å². The summed E-state index contributed by atoms with van der Waals surface area (Å²) in [6, 6.07) is 4.54. The zero-order chi connectivity index (χ0) is 14.4. The zero-order valence-electron chi connectivity index (χ0n) is 11.1. The molecule has 1 aromatic carbocycles. The molecular weight excluding hydrogens is 250 g/mol. The topological polar surface area (TPSA) is 87.8 Å². The number of ether oxygens (including phenoxy) is 3. The number of carbonyl (C=O) groups is 2. The summed E-state index contributed by atoms with van der Waals surface area (Å²) in [5.41, 5.74) is 6.32. The maximum absolute atomic E-state index is 11.8. The molecule has 0 amide bonds. The molecule has 0 aromatic heterocycles. The summed E-state index contributed by atoms with van der Waals surface area (Å²) in [5, 5.41) is 0. The lowest BCUT2D eigenvalue weighted by atomic mass is 10.2. The summed E-state index contributed by atoms with van der Waals surface area (Å²) in [6.45, 7) is 3.74. The Bertz CT molecular complexity index is 472. The molecule has 0 saturated heterocycles. The third-order valence-electron chi connectivity index (χ3n) is 2.36. The van der Waals surface area contributed by atoms with E-state index in [1.807, 2.05) is 6.92 Å². The van der Waals surface area contributed by atoms with Gasteiger partial charge in [-0.1, -0.05) is 0 Å². The second kappa shape index (κ2) is 6.63. The van der Waals surface area contributed by atoms with Crippen LogP contribution in [0.15, 0.2) is 18.2 Å². The number of hydrogen-bond acceptors (Lipinski definition) is 6. The minimum atomic E-state index is -0.967. The molecule has 19 heavy (non-hydrogen) atoms. The summed E-state index contributed by atoms with van der Waals surface area (Å²) in [6.07, 6.45) is -0.967. The normalized spacial score (nSPS) is 11.5. The zero-order valence-corrected chi connectivity index (χ0v) is 11.1. The van der Waals surface area contributed by atoms with Crippen LogP contribution in [0.2, 0.25) is 0 Å². The maximum atomic E-state index is 11.8. The quantitative estimate of drug-likeness (QED) is 0.640. The number of carbonyl (C=O) groups excluding carboxylic acids is 2. The number of nitrogen functional groups attached to an aromatic ring is 1. The van der Waals surface area contributed by atoms with Crippen LogP contribution in [0.4, 0.5) is 5.69 Å². The first-order chi connectivity index (χ1) is 8.99. The minimum Gasteiger partial charge on any atom is -0.492 e. The predicted octanol–water partition coefficient (Wildman–Crippen LogP) is 1.39. The number of esters is 2. The smallest absolute Gasteiger partial charge is 0.346 e. The van der Waals surface area contributed by atoms with E-state index in [2.05, 4.69) is 4.74 Å². The molecule has 0 heterocycles. The van der Waals surface area contributed by atoms with Gasteiger partial charge in [0.1, 0.15) is 5.75 Å². The molecule has 1 unspecified atom stereocenters. The average Bonchev–Trinajstić information content (AvgIpc) is 2.40. The molecule has 0 radical (unpaired) electrons. The second-order valence-corrected chi connectivity index (χ2v) is 3.76. The van der Waals surface area contributed by atoms with Crippen molar-refractivity contribution in [3.8, 4) is 5.75 Å². The molecule has 1 atom stereocenters. The van der Waals surface area contributed by atoms with Gasteiger partial charge in [-0.2, -0.15) is 0 Å². The lowest BCUT2D eigenvalue weighted by Crippen LogP contribution is -2.25. The van der Waals surface area contributed by atoms with E-state index in [0.29, 0.717) is 18.0 Å². The first-order valence-corrected chi connectivity index (χ1v) is 5.80. The highest BCUT2D eigenvalue weighted by molar-refractivity contribution is 5.92. The van der Waals surface area contributed by atoms with E-state index in [-0.39, 0.29) is 5.56 Å². The number of methoxy groups -OCH3 is 1. The Morgan fingerprint density at radius 1 is 1.37 bits per heavy atom. The van der Waals surface area contributed by atoms with Crippen molar-refractivity contribution in [3.63, 3.8) is 0 Å². The standard InChI is InChI=1S/C13H17NO5/c1-4-18-11-6-5-9(7-10(11)14)13(16)19-8(2)12(15)17-3/h5-8H,4,14H2,1-3H3. The Morgan fingerprint density at radius 3 is 2.58 bits per heavy atom. The monoisotopic (exact) mass is 267 g/mol. The Labute approximate surface area is 111 Å². The van der Waals surface area contributed by atoms with Crippen LogP contribution in [0.3, 0.4) is 0 Å². The average molecular weight is 267 g/mol. The van der Waals surface area contributed by atoms with Gasteiger partial charge in [-0.15, -0.1) is 0 Å². The molecule has 1 rings (SSSR count). The van der Waals surface area contributed by atoms with E-state index in [1.165, 1.54) is 26.2 Å². The van der Waals surface area contributed by atoms with Crippen molar-refractivity contribution in [1.82, 2.24) is 0 Å². The number of benzene rings is 1.